The molecule has 6 nitrogen and oxygen atoms in total. The van der Waals surface area contributed by atoms with Gasteiger partial charge in [0.1, 0.15) is 12.1 Å². The van der Waals surface area contributed by atoms with Gasteiger partial charge in [0.15, 0.2) is 0 Å². The number of amides is 2. The number of ether oxygens (including phenoxy) is 1. The molecule has 0 radical (unpaired) electrons. The zero-order valence-electron chi connectivity index (χ0n) is 9.06. The Bertz CT molecular complexity index is 379. The Balaban J connectivity index is 1.91. The number of nitrogens with zero attached hydrogens (tertiary/aromatic N) is 2. The van der Waals surface area contributed by atoms with E-state index in [1.807, 2.05) is 0 Å². The van der Waals surface area contributed by atoms with Crippen molar-refractivity contribution in [2.75, 3.05) is 12.4 Å². The summed E-state index contributed by atoms with van der Waals surface area (Å²) in [6.45, 7) is 0.404. The minimum absolute atomic E-state index is 0.218. The van der Waals surface area contributed by atoms with Gasteiger partial charge in [0.25, 0.3) is 0 Å². The van der Waals surface area contributed by atoms with Gasteiger partial charge in [0.05, 0.1) is 12.3 Å². The normalized spacial score (nSPS) is 14.6. The molecule has 86 valence electrons. The number of nitrogens with one attached hydrogen (secondary N) is 2. The maximum Gasteiger partial charge on any atom is 0.320 e. The third kappa shape index (κ3) is 3.16. The van der Waals surface area contributed by atoms with Gasteiger partial charge in [-0.3, -0.25) is 5.32 Å². The molecule has 0 bridgehead atoms. The van der Waals surface area contributed by atoms with E-state index in [0.29, 0.717) is 18.5 Å². The molecule has 0 unspecified atom stereocenters. The lowest BCUT2D eigenvalue weighted by atomic mass is 10.4. The van der Waals surface area contributed by atoms with Crippen LogP contribution in [0.1, 0.15) is 18.5 Å². The van der Waals surface area contributed by atoms with Gasteiger partial charge in [-0.25, -0.2) is 14.8 Å². The van der Waals surface area contributed by atoms with Crippen molar-refractivity contribution in [3.05, 3.63) is 18.1 Å². The maximum atomic E-state index is 11.4. The van der Waals surface area contributed by atoms with Crippen LogP contribution >= 0.6 is 0 Å². The molecule has 2 rings (SSSR count). The first kappa shape index (κ1) is 10.8. The third-order valence-electron chi connectivity index (χ3n) is 2.17. The molecule has 6 heteroatoms. The predicted molar refractivity (Wildman–Crippen MR) is 57.9 cm³/mol. The average Bonchev–Trinajstić information content (AvgIpc) is 3.02. The molecule has 1 aliphatic carbocycles. The van der Waals surface area contributed by atoms with E-state index in [-0.39, 0.29) is 6.03 Å². The Morgan fingerprint density at radius 2 is 2.38 bits per heavy atom. The fourth-order valence-electron chi connectivity index (χ4n) is 1.26. The van der Waals surface area contributed by atoms with Gasteiger partial charge in [-0.2, -0.15) is 0 Å². The van der Waals surface area contributed by atoms with E-state index in [0.717, 1.165) is 18.5 Å². The number of hydrogen-bond acceptors (Lipinski definition) is 4. The fourth-order valence-corrected chi connectivity index (χ4v) is 1.26. The molecule has 0 spiro atoms. The van der Waals surface area contributed by atoms with E-state index in [1.54, 1.807) is 13.2 Å². The van der Waals surface area contributed by atoms with Crippen molar-refractivity contribution in [1.29, 1.82) is 0 Å². The van der Waals surface area contributed by atoms with E-state index >= 15 is 0 Å². The van der Waals surface area contributed by atoms with Crippen LogP contribution in [-0.4, -0.2) is 29.2 Å². The Morgan fingerprint density at radius 3 is 3.06 bits per heavy atom. The summed E-state index contributed by atoms with van der Waals surface area (Å²) in [6.07, 6.45) is 3.53. The highest BCUT2D eigenvalue weighted by atomic mass is 16.5. The maximum absolute atomic E-state index is 11.4. The van der Waals surface area contributed by atoms with Crippen molar-refractivity contribution in [3.63, 3.8) is 0 Å². The molecule has 0 atom stereocenters. The number of hydrogen-bond donors (Lipinski definition) is 2. The van der Waals surface area contributed by atoms with Gasteiger partial charge < -0.3 is 10.1 Å². The highest BCUT2D eigenvalue weighted by molar-refractivity contribution is 5.88. The van der Waals surface area contributed by atoms with Crippen LogP contribution in [0.2, 0.25) is 0 Å². The van der Waals surface area contributed by atoms with Crippen LogP contribution in [0.4, 0.5) is 10.6 Å². The molecule has 16 heavy (non-hydrogen) atoms. The summed E-state index contributed by atoms with van der Waals surface area (Å²) >= 11 is 0. The van der Waals surface area contributed by atoms with E-state index in [2.05, 4.69) is 20.6 Å². The van der Waals surface area contributed by atoms with Crippen LogP contribution in [-0.2, 0) is 11.3 Å². The SMILES string of the molecule is COCc1cc(NC(=O)NC2CC2)ncn1. The molecular weight excluding hydrogens is 208 g/mol. The van der Waals surface area contributed by atoms with Crippen LogP contribution in [0, 0.1) is 0 Å². The number of aromatic nitrogens is 2. The molecule has 1 fully saturated rings. The Kier molecular flexibility index (Phi) is 3.31. The third-order valence-corrected chi connectivity index (χ3v) is 2.17. The number of urea groups is 1. The van der Waals surface area contributed by atoms with Crippen LogP contribution in [0.5, 0.6) is 0 Å². The van der Waals surface area contributed by atoms with E-state index in [4.69, 9.17) is 4.74 Å². The van der Waals surface area contributed by atoms with Gasteiger partial charge in [0, 0.05) is 19.2 Å². The minimum atomic E-state index is -0.218. The first-order valence-electron chi connectivity index (χ1n) is 5.15. The molecule has 1 aliphatic rings. The van der Waals surface area contributed by atoms with Crippen molar-refractivity contribution >= 4 is 11.8 Å². The summed E-state index contributed by atoms with van der Waals surface area (Å²) in [7, 11) is 1.59. The van der Waals surface area contributed by atoms with E-state index in [1.165, 1.54) is 6.33 Å². The van der Waals surface area contributed by atoms with Crippen molar-refractivity contribution in [2.24, 2.45) is 0 Å². The van der Waals surface area contributed by atoms with E-state index < -0.39 is 0 Å². The number of carbonyl (C=O) groups excluding carboxylic acids is 1. The predicted octanol–water partition coefficient (Wildman–Crippen LogP) is 0.907. The fraction of sp³-hybridized carbons (Fsp3) is 0.500. The van der Waals surface area contributed by atoms with Gasteiger partial charge in [-0.15, -0.1) is 0 Å². The highest BCUT2D eigenvalue weighted by Crippen LogP contribution is 2.18. The monoisotopic (exact) mass is 222 g/mol. The molecule has 1 heterocycles. The lowest BCUT2D eigenvalue weighted by molar-refractivity contribution is 0.181. The minimum Gasteiger partial charge on any atom is -0.378 e. The molecular formula is C10H14N4O2. The zero-order valence-corrected chi connectivity index (χ0v) is 9.06. The van der Waals surface area contributed by atoms with Crippen molar-refractivity contribution in [1.82, 2.24) is 15.3 Å². The number of methoxy groups -OCH3 is 1. The zero-order chi connectivity index (χ0) is 11.4. The van der Waals surface area contributed by atoms with E-state index in [9.17, 15) is 4.79 Å². The second-order valence-corrected chi connectivity index (χ2v) is 3.70. The smallest absolute Gasteiger partial charge is 0.320 e. The summed E-state index contributed by atoms with van der Waals surface area (Å²) < 4.78 is 4.94. The highest BCUT2D eigenvalue weighted by Gasteiger charge is 2.23. The Labute approximate surface area is 93.4 Å². The molecule has 0 saturated heterocycles. The quantitative estimate of drug-likeness (QED) is 0.793. The molecule has 0 aliphatic heterocycles. The summed E-state index contributed by atoms with van der Waals surface area (Å²) in [6, 6.07) is 1.81. The first-order chi connectivity index (χ1) is 7.78. The van der Waals surface area contributed by atoms with Crippen LogP contribution in [0.3, 0.4) is 0 Å². The molecule has 2 amide bonds. The molecule has 1 aromatic heterocycles. The van der Waals surface area contributed by atoms with Crippen molar-refractivity contribution in [3.8, 4) is 0 Å². The standard InChI is InChI=1S/C10H14N4O2/c1-16-5-8-4-9(12-6-11-8)14-10(15)13-7-2-3-7/h4,6-7H,2-3,5H2,1H3,(H2,11,12,13,14,15). The summed E-state index contributed by atoms with van der Waals surface area (Å²) in [5, 5.41) is 5.47. The topological polar surface area (TPSA) is 76.1 Å². The second kappa shape index (κ2) is 4.89. The molecule has 1 aromatic rings. The van der Waals surface area contributed by atoms with Gasteiger partial charge >= 0.3 is 6.03 Å². The largest absolute Gasteiger partial charge is 0.378 e. The summed E-state index contributed by atoms with van der Waals surface area (Å²) in [4.78, 5) is 19.4. The number of carbonyl (C=O) groups is 1. The molecule has 0 aromatic carbocycles. The molecule has 1 saturated carbocycles. The Hall–Kier alpha value is -1.69. The van der Waals surface area contributed by atoms with Crippen molar-refractivity contribution in [2.45, 2.75) is 25.5 Å². The second-order valence-electron chi connectivity index (χ2n) is 3.70. The average molecular weight is 222 g/mol. The van der Waals surface area contributed by atoms with Crippen LogP contribution in [0.15, 0.2) is 12.4 Å². The van der Waals surface area contributed by atoms with Crippen LogP contribution < -0.4 is 10.6 Å². The van der Waals surface area contributed by atoms with Crippen molar-refractivity contribution < 1.29 is 9.53 Å². The number of rotatable bonds is 4. The molecule has 2 N–H and O–H groups in total. The van der Waals surface area contributed by atoms with Gasteiger partial charge in [-0.05, 0) is 12.8 Å². The van der Waals surface area contributed by atoms with Crippen LogP contribution in [0.25, 0.3) is 0 Å². The summed E-state index contributed by atoms with van der Waals surface area (Å²) in [5.74, 6) is 0.486. The first-order valence-corrected chi connectivity index (χ1v) is 5.15. The lowest BCUT2D eigenvalue weighted by Gasteiger charge is -2.06. The number of anilines is 1. The summed E-state index contributed by atoms with van der Waals surface area (Å²) in [5.41, 5.74) is 0.735. The van der Waals surface area contributed by atoms with Gasteiger partial charge in [-0.1, -0.05) is 0 Å². The van der Waals surface area contributed by atoms with Gasteiger partial charge in [0.2, 0.25) is 0 Å². The Morgan fingerprint density at radius 1 is 1.56 bits per heavy atom. The lowest BCUT2D eigenvalue weighted by Crippen LogP contribution is -2.30.